The monoisotopic (exact) mass is 544 g/mol. The van der Waals surface area contributed by atoms with E-state index >= 15 is 0 Å². The molecule has 1 heterocycles. The molecule has 0 spiro atoms. The standard InChI is InChI=1S/C32H37ClN4O2/c33-27-16-13-24(14-17-27)15-18-31(38)35-22-28-19-21-37(32(39)30(36-28)12-7-20-34)23-29(25-8-3-1-4-9-25)26-10-5-2-6-11-26/h1-6,8-11,13-18,28-30,36H,7,12,19-23,34H2,(H,35,38)/b18-15+/t28-,30-/m0/s1. The zero-order chi connectivity index (χ0) is 27.5. The van der Waals surface area contributed by atoms with Crippen LogP contribution in [0.2, 0.25) is 5.02 Å². The largest absolute Gasteiger partial charge is 0.351 e. The van der Waals surface area contributed by atoms with Crippen molar-refractivity contribution in [1.82, 2.24) is 15.5 Å². The van der Waals surface area contributed by atoms with Gasteiger partial charge in [-0.1, -0.05) is 84.4 Å². The smallest absolute Gasteiger partial charge is 0.244 e. The number of carbonyl (C=O) groups excluding carboxylic acids is 2. The van der Waals surface area contributed by atoms with Crippen LogP contribution in [0.15, 0.2) is 91.0 Å². The normalized spacial score (nSPS) is 17.9. The first-order chi connectivity index (χ1) is 19.0. The third-order valence-electron chi connectivity index (χ3n) is 7.12. The number of nitrogens with one attached hydrogen (secondary N) is 2. The number of rotatable bonds is 11. The quantitative estimate of drug-likeness (QED) is 0.308. The molecule has 7 heteroatoms. The van der Waals surface area contributed by atoms with E-state index < -0.39 is 0 Å². The first kappa shape index (κ1) is 28.6. The van der Waals surface area contributed by atoms with Crippen LogP contribution in [0.5, 0.6) is 0 Å². The lowest BCUT2D eigenvalue weighted by atomic mass is 9.90. The van der Waals surface area contributed by atoms with Crippen molar-refractivity contribution >= 4 is 29.5 Å². The number of hydrogen-bond donors (Lipinski definition) is 3. The van der Waals surface area contributed by atoms with Gasteiger partial charge in [0.1, 0.15) is 0 Å². The van der Waals surface area contributed by atoms with Gasteiger partial charge in [-0.3, -0.25) is 9.59 Å². The predicted molar refractivity (Wildman–Crippen MR) is 158 cm³/mol. The molecule has 4 N–H and O–H groups in total. The van der Waals surface area contributed by atoms with Gasteiger partial charge in [-0.15, -0.1) is 0 Å². The molecule has 0 saturated carbocycles. The molecule has 1 saturated heterocycles. The second-order valence-corrected chi connectivity index (χ2v) is 10.4. The number of hydrogen-bond acceptors (Lipinski definition) is 4. The van der Waals surface area contributed by atoms with Gasteiger partial charge in [0.25, 0.3) is 0 Å². The topological polar surface area (TPSA) is 87.5 Å². The minimum Gasteiger partial charge on any atom is -0.351 e. The lowest BCUT2D eigenvalue weighted by molar-refractivity contribution is -0.133. The lowest BCUT2D eigenvalue weighted by Gasteiger charge is -2.29. The van der Waals surface area contributed by atoms with Crippen LogP contribution < -0.4 is 16.4 Å². The Morgan fingerprint density at radius 3 is 2.28 bits per heavy atom. The maximum absolute atomic E-state index is 13.7. The van der Waals surface area contributed by atoms with Gasteiger partial charge in [0, 0.05) is 42.7 Å². The Hall–Kier alpha value is -3.45. The average molecular weight is 545 g/mol. The summed E-state index contributed by atoms with van der Waals surface area (Å²) in [5.74, 6) is -0.0107. The van der Waals surface area contributed by atoms with E-state index in [0.29, 0.717) is 37.6 Å². The number of benzene rings is 3. The van der Waals surface area contributed by atoms with Crippen molar-refractivity contribution < 1.29 is 9.59 Å². The molecule has 3 aromatic rings. The fourth-order valence-electron chi connectivity index (χ4n) is 4.98. The molecule has 39 heavy (non-hydrogen) atoms. The third-order valence-corrected chi connectivity index (χ3v) is 7.37. The highest BCUT2D eigenvalue weighted by Gasteiger charge is 2.32. The summed E-state index contributed by atoms with van der Waals surface area (Å²) < 4.78 is 0. The third kappa shape index (κ3) is 8.52. The molecule has 0 unspecified atom stereocenters. The number of amides is 2. The van der Waals surface area contributed by atoms with E-state index in [1.807, 2.05) is 53.4 Å². The Morgan fingerprint density at radius 2 is 1.67 bits per heavy atom. The molecule has 2 amide bonds. The maximum atomic E-state index is 13.7. The molecule has 0 bridgehead atoms. The molecule has 2 atom stereocenters. The Bertz CT molecular complexity index is 1180. The second kappa shape index (κ2) is 14.6. The van der Waals surface area contributed by atoms with Crippen molar-refractivity contribution in [3.63, 3.8) is 0 Å². The maximum Gasteiger partial charge on any atom is 0.244 e. The van der Waals surface area contributed by atoms with Gasteiger partial charge in [0.2, 0.25) is 11.8 Å². The molecule has 1 fully saturated rings. The molecule has 1 aliphatic heterocycles. The van der Waals surface area contributed by atoms with Crippen LogP contribution in [-0.2, 0) is 9.59 Å². The zero-order valence-electron chi connectivity index (χ0n) is 22.1. The summed E-state index contributed by atoms with van der Waals surface area (Å²) in [7, 11) is 0. The molecule has 1 aliphatic rings. The van der Waals surface area contributed by atoms with Gasteiger partial charge in [0.05, 0.1) is 6.04 Å². The van der Waals surface area contributed by atoms with Gasteiger partial charge < -0.3 is 21.3 Å². The average Bonchev–Trinajstić information content (AvgIpc) is 3.12. The van der Waals surface area contributed by atoms with Crippen molar-refractivity contribution in [3.05, 3.63) is 113 Å². The van der Waals surface area contributed by atoms with E-state index in [0.717, 1.165) is 18.4 Å². The van der Waals surface area contributed by atoms with Crippen molar-refractivity contribution in [3.8, 4) is 0 Å². The van der Waals surface area contributed by atoms with Crippen LogP contribution in [-0.4, -0.2) is 55.0 Å². The summed E-state index contributed by atoms with van der Waals surface area (Å²) >= 11 is 5.93. The molecular weight excluding hydrogens is 508 g/mol. The van der Waals surface area contributed by atoms with E-state index in [9.17, 15) is 9.59 Å². The van der Waals surface area contributed by atoms with Crippen LogP contribution in [0.4, 0.5) is 0 Å². The minimum absolute atomic E-state index is 0.0264. The van der Waals surface area contributed by atoms with Crippen molar-refractivity contribution in [1.29, 1.82) is 0 Å². The molecule has 3 aromatic carbocycles. The summed E-state index contributed by atoms with van der Waals surface area (Å²) in [6.45, 7) is 2.17. The van der Waals surface area contributed by atoms with E-state index in [1.54, 1.807) is 18.2 Å². The van der Waals surface area contributed by atoms with Crippen LogP contribution in [0.3, 0.4) is 0 Å². The Morgan fingerprint density at radius 1 is 1.03 bits per heavy atom. The molecular formula is C32H37ClN4O2. The summed E-state index contributed by atoms with van der Waals surface area (Å²) in [4.78, 5) is 28.2. The fourth-order valence-corrected chi connectivity index (χ4v) is 5.10. The molecule has 0 radical (unpaired) electrons. The number of carbonyl (C=O) groups is 2. The number of halogens is 1. The first-order valence-electron chi connectivity index (χ1n) is 13.6. The number of nitrogens with two attached hydrogens (primary N) is 1. The molecule has 6 nitrogen and oxygen atoms in total. The van der Waals surface area contributed by atoms with Gasteiger partial charge in [-0.2, -0.15) is 0 Å². The van der Waals surface area contributed by atoms with Crippen molar-refractivity contribution in [2.75, 3.05) is 26.2 Å². The van der Waals surface area contributed by atoms with E-state index in [2.05, 4.69) is 34.9 Å². The van der Waals surface area contributed by atoms with Crippen LogP contribution in [0.1, 0.15) is 41.9 Å². The second-order valence-electron chi connectivity index (χ2n) is 9.92. The van der Waals surface area contributed by atoms with Crippen LogP contribution >= 0.6 is 11.6 Å². The Kier molecular flexibility index (Phi) is 10.7. The minimum atomic E-state index is -0.338. The molecule has 4 rings (SSSR count). The van der Waals surface area contributed by atoms with Gasteiger partial charge in [-0.25, -0.2) is 0 Å². The van der Waals surface area contributed by atoms with Gasteiger partial charge >= 0.3 is 0 Å². The predicted octanol–water partition coefficient (Wildman–Crippen LogP) is 4.60. The first-order valence-corrected chi connectivity index (χ1v) is 14.0. The molecule has 0 aliphatic carbocycles. The Balaban J connectivity index is 1.44. The van der Waals surface area contributed by atoms with Crippen LogP contribution in [0, 0.1) is 0 Å². The summed E-state index contributed by atoms with van der Waals surface area (Å²) in [5, 5.41) is 7.17. The highest BCUT2D eigenvalue weighted by atomic mass is 35.5. The van der Waals surface area contributed by atoms with Crippen LogP contribution in [0.25, 0.3) is 6.08 Å². The SMILES string of the molecule is NCCC[C@@H]1N[C@H](CNC(=O)/C=C/c2ccc(Cl)cc2)CCN(CC(c2ccccc2)c2ccccc2)C1=O. The Labute approximate surface area is 236 Å². The lowest BCUT2D eigenvalue weighted by Crippen LogP contribution is -2.49. The fraction of sp³-hybridized carbons (Fsp3) is 0.312. The summed E-state index contributed by atoms with van der Waals surface area (Å²) in [5.41, 5.74) is 9.06. The molecule has 0 aromatic heterocycles. The number of nitrogens with zero attached hydrogens (tertiary/aromatic N) is 1. The van der Waals surface area contributed by atoms with Crippen molar-refractivity contribution in [2.45, 2.75) is 37.3 Å². The van der Waals surface area contributed by atoms with E-state index in [4.69, 9.17) is 17.3 Å². The summed E-state index contributed by atoms with van der Waals surface area (Å²) in [6, 6.07) is 27.6. The molecule has 204 valence electrons. The highest BCUT2D eigenvalue weighted by Crippen LogP contribution is 2.27. The van der Waals surface area contributed by atoms with Crippen molar-refractivity contribution in [2.24, 2.45) is 5.73 Å². The highest BCUT2D eigenvalue weighted by molar-refractivity contribution is 6.30. The van der Waals surface area contributed by atoms with E-state index in [-0.39, 0.29) is 29.8 Å². The van der Waals surface area contributed by atoms with E-state index in [1.165, 1.54) is 17.2 Å². The van der Waals surface area contributed by atoms with Gasteiger partial charge in [0.15, 0.2) is 0 Å². The summed E-state index contributed by atoms with van der Waals surface area (Å²) in [6.07, 6.45) is 5.43. The zero-order valence-corrected chi connectivity index (χ0v) is 22.9. The van der Waals surface area contributed by atoms with Gasteiger partial charge in [-0.05, 0) is 60.7 Å².